The summed E-state index contributed by atoms with van der Waals surface area (Å²) in [6.45, 7) is 6.24. The molecule has 1 amide bonds. The predicted molar refractivity (Wildman–Crippen MR) is 92.7 cm³/mol. The second-order valence-electron chi connectivity index (χ2n) is 6.28. The van der Waals surface area contributed by atoms with E-state index in [9.17, 15) is 9.59 Å². The minimum Gasteiger partial charge on any atom is -0.352 e. The van der Waals surface area contributed by atoms with E-state index in [1.807, 2.05) is 6.92 Å². The van der Waals surface area contributed by atoms with Crippen molar-refractivity contribution in [2.45, 2.75) is 46.2 Å². The van der Waals surface area contributed by atoms with E-state index in [-0.39, 0.29) is 24.1 Å². The molecular formula is C17H22ClN3O2. The summed E-state index contributed by atoms with van der Waals surface area (Å²) in [6, 6.07) is 5.04. The van der Waals surface area contributed by atoms with Crippen molar-refractivity contribution in [1.82, 2.24) is 14.9 Å². The Kier molecular flexibility index (Phi) is 5.77. The van der Waals surface area contributed by atoms with Crippen LogP contribution in [-0.4, -0.2) is 21.5 Å². The van der Waals surface area contributed by atoms with Gasteiger partial charge in [-0.1, -0.05) is 25.4 Å². The van der Waals surface area contributed by atoms with Crippen LogP contribution in [0.25, 0.3) is 10.9 Å². The Morgan fingerprint density at radius 2 is 2.04 bits per heavy atom. The summed E-state index contributed by atoms with van der Waals surface area (Å²) in [4.78, 5) is 28.7. The molecule has 1 heterocycles. The first-order valence-electron chi connectivity index (χ1n) is 7.81. The van der Waals surface area contributed by atoms with Crippen LogP contribution >= 0.6 is 11.6 Å². The van der Waals surface area contributed by atoms with E-state index in [4.69, 9.17) is 11.6 Å². The van der Waals surface area contributed by atoms with Crippen molar-refractivity contribution in [2.24, 2.45) is 5.92 Å². The fourth-order valence-electron chi connectivity index (χ4n) is 2.37. The minimum atomic E-state index is -0.262. The summed E-state index contributed by atoms with van der Waals surface area (Å²) in [5, 5.41) is 3.81. The number of amides is 1. The molecule has 0 aliphatic rings. The molecular weight excluding hydrogens is 314 g/mol. The van der Waals surface area contributed by atoms with Gasteiger partial charge >= 0.3 is 0 Å². The number of nitrogens with zero attached hydrogens (tertiary/aromatic N) is 2. The molecule has 0 unspecified atom stereocenters. The summed E-state index contributed by atoms with van der Waals surface area (Å²) in [5.41, 5.74) is 0.309. The van der Waals surface area contributed by atoms with Crippen LogP contribution in [0.3, 0.4) is 0 Å². The predicted octanol–water partition coefficient (Wildman–Crippen LogP) is 2.99. The number of fused-ring (bicyclic) bond motifs is 1. The Morgan fingerprint density at radius 3 is 2.74 bits per heavy atom. The van der Waals surface area contributed by atoms with Crippen LogP contribution in [0.1, 0.15) is 33.6 Å². The quantitative estimate of drug-likeness (QED) is 0.882. The molecule has 0 bridgehead atoms. The van der Waals surface area contributed by atoms with Crippen LogP contribution in [0.15, 0.2) is 29.3 Å². The monoisotopic (exact) mass is 335 g/mol. The molecule has 0 aliphatic heterocycles. The standard InChI is InChI=1S/C17H22ClN3O2/c1-11(2)4-5-12(3)20-16(22)9-21-10-19-15-7-6-13(18)8-14(15)17(21)23/h6-8,10-12H,4-5,9H2,1-3H3,(H,20,22)/t12-/m0/s1. The molecule has 23 heavy (non-hydrogen) atoms. The number of aromatic nitrogens is 2. The first-order chi connectivity index (χ1) is 10.9. The van der Waals surface area contributed by atoms with E-state index in [0.717, 1.165) is 12.8 Å². The molecule has 0 radical (unpaired) electrons. The molecule has 6 heteroatoms. The van der Waals surface area contributed by atoms with Crippen LogP contribution in [0.5, 0.6) is 0 Å². The van der Waals surface area contributed by atoms with Gasteiger partial charge in [-0.2, -0.15) is 0 Å². The normalized spacial score (nSPS) is 12.6. The molecule has 1 aromatic carbocycles. The Balaban J connectivity index is 2.08. The molecule has 0 saturated carbocycles. The number of nitrogens with one attached hydrogen (secondary N) is 1. The summed E-state index contributed by atoms with van der Waals surface area (Å²) >= 11 is 5.92. The van der Waals surface area contributed by atoms with E-state index in [2.05, 4.69) is 24.1 Å². The highest BCUT2D eigenvalue weighted by Gasteiger charge is 2.11. The summed E-state index contributed by atoms with van der Waals surface area (Å²) < 4.78 is 1.31. The number of hydrogen-bond acceptors (Lipinski definition) is 3. The Morgan fingerprint density at radius 1 is 1.30 bits per heavy atom. The largest absolute Gasteiger partial charge is 0.352 e. The summed E-state index contributed by atoms with van der Waals surface area (Å²) in [6.07, 6.45) is 3.37. The first kappa shape index (κ1) is 17.5. The molecule has 1 N–H and O–H groups in total. The zero-order chi connectivity index (χ0) is 17.0. The van der Waals surface area contributed by atoms with E-state index in [1.165, 1.54) is 10.9 Å². The zero-order valence-electron chi connectivity index (χ0n) is 13.7. The Hall–Kier alpha value is -1.88. The zero-order valence-corrected chi connectivity index (χ0v) is 14.4. The van der Waals surface area contributed by atoms with Gasteiger partial charge in [-0.15, -0.1) is 0 Å². The SMILES string of the molecule is CC(C)CC[C@H](C)NC(=O)Cn1cnc2ccc(Cl)cc2c1=O. The molecule has 2 aromatic rings. The van der Waals surface area contributed by atoms with Crippen LogP contribution in [0.2, 0.25) is 5.02 Å². The van der Waals surface area contributed by atoms with Crippen molar-refractivity contribution < 1.29 is 4.79 Å². The molecule has 124 valence electrons. The van der Waals surface area contributed by atoms with E-state index in [1.54, 1.807) is 18.2 Å². The van der Waals surface area contributed by atoms with Gasteiger partial charge in [0.25, 0.3) is 5.56 Å². The molecule has 0 saturated heterocycles. The van der Waals surface area contributed by atoms with E-state index < -0.39 is 0 Å². The molecule has 0 fully saturated rings. The second kappa shape index (κ2) is 7.59. The lowest BCUT2D eigenvalue weighted by atomic mass is 10.0. The summed E-state index contributed by atoms with van der Waals surface area (Å²) in [7, 11) is 0. The van der Waals surface area contributed by atoms with Crippen LogP contribution in [0.4, 0.5) is 0 Å². The minimum absolute atomic E-state index is 0.0414. The second-order valence-corrected chi connectivity index (χ2v) is 6.72. The first-order valence-corrected chi connectivity index (χ1v) is 8.18. The average Bonchev–Trinajstić information content (AvgIpc) is 2.48. The Bertz CT molecular complexity index is 755. The van der Waals surface area contributed by atoms with Crippen molar-refractivity contribution in [3.63, 3.8) is 0 Å². The third-order valence-corrected chi connectivity index (χ3v) is 3.92. The van der Waals surface area contributed by atoms with E-state index in [0.29, 0.717) is 21.8 Å². The van der Waals surface area contributed by atoms with E-state index >= 15 is 0 Å². The Labute approximate surface area is 140 Å². The third kappa shape index (κ3) is 4.79. The highest BCUT2D eigenvalue weighted by Crippen LogP contribution is 2.14. The van der Waals surface area contributed by atoms with Gasteiger partial charge < -0.3 is 5.32 Å². The number of rotatable bonds is 6. The van der Waals surface area contributed by atoms with Gasteiger partial charge in [0.2, 0.25) is 5.91 Å². The lowest BCUT2D eigenvalue weighted by Gasteiger charge is -2.15. The maximum Gasteiger partial charge on any atom is 0.261 e. The van der Waals surface area contributed by atoms with Gasteiger partial charge in [-0.25, -0.2) is 4.98 Å². The fourth-order valence-corrected chi connectivity index (χ4v) is 2.55. The number of halogens is 1. The fraction of sp³-hybridized carbons (Fsp3) is 0.471. The van der Waals surface area contributed by atoms with Crippen molar-refractivity contribution in [2.75, 3.05) is 0 Å². The van der Waals surface area contributed by atoms with Crippen molar-refractivity contribution in [3.05, 3.63) is 39.9 Å². The number of hydrogen-bond donors (Lipinski definition) is 1. The smallest absolute Gasteiger partial charge is 0.261 e. The van der Waals surface area contributed by atoms with Crippen LogP contribution in [-0.2, 0) is 11.3 Å². The highest BCUT2D eigenvalue weighted by molar-refractivity contribution is 6.31. The van der Waals surface area contributed by atoms with Crippen LogP contribution < -0.4 is 10.9 Å². The van der Waals surface area contributed by atoms with Gasteiger partial charge in [0.1, 0.15) is 6.54 Å². The molecule has 1 aromatic heterocycles. The highest BCUT2D eigenvalue weighted by atomic mass is 35.5. The van der Waals surface area contributed by atoms with Gasteiger partial charge in [0, 0.05) is 11.1 Å². The van der Waals surface area contributed by atoms with Gasteiger partial charge in [0.15, 0.2) is 0 Å². The molecule has 0 aliphatic carbocycles. The van der Waals surface area contributed by atoms with Gasteiger partial charge in [-0.3, -0.25) is 14.2 Å². The van der Waals surface area contributed by atoms with Crippen molar-refractivity contribution in [1.29, 1.82) is 0 Å². The molecule has 1 atom stereocenters. The van der Waals surface area contributed by atoms with Crippen molar-refractivity contribution in [3.8, 4) is 0 Å². The molecule has 5 nitrogen and oxygen atoms in total. The molecule has 0 spiro atoms. The molecule has 2 rings (SSSR count). The lowest BCUT2D eigenvalue weighted by molar-refractivity contribution is -0.122. The average molecular weight is 336 g/mol. The number of carbonyl (C=O) groups is 1. The number of carbonyl (C=O) groups excluding carboxylic acids is 1. The van der Waals surface area contributed by atoms with Gasteiger partial charge in [0.05, 0.1) is 17.2 Å². The maximum absolute atomic E-state index is 12.4. The maximum atomic E-state index is 12.4. The summed E-state index contributed by atoms with van der Waals surface area (Å²) in [5.74, 6) is 0.415. The van der Waals surface area contributed by atoms with Crippen molar-refractivity contribution >= 4 is 28.4 Å². The third-order valence-electron chi connectivity index (χ3n) is 3.68. The van der Waals surface area contributed by atoms with Crippen LogP contribution in [0, 0.1) is 5.92 Å². The lowest BCUT2D eigenvalue weighted by Crippen LogP contribution is -2.37. The van der Waals surface area contributed by atoms with Gasteiger partial charge in [-0.05, 0) is 43.9 Å². The topological polar surface area (TPSA) is 64.0 Å². The number of benzene rings is 1.